The van der Waals surface area contributed by atoms with Gasteiger partial charge in [0.2, 0.25) is 5.91 Å². The molecule has 2 aromatic rings. The van der Waals surface area contributed by atoms with Gasteiger partial charge in [-0.05, 0) is 82.3 Å². The normalized spacial score (nSPS) is 27.1. The van der Waals surface area contributed by atoms with Crippen LogP contribution in [0.5, 0.6) is 0 Å². The molecular weight excluding hydrogens is 408 g/mol. The van der Waals surface area contributed by atoms with E-state index in [-0.39, 0.29) is 17.7 Å². The molecule has 0 spiro atoms. The van der Waals surface area contributed by atoms with Crippen LogP contribution >= 0.6 is 0 Å². The summed E-state index contributed by atoms with van der Waals surface area (Å²) >= 11 is 0. The van der Waals surface area contributed by atoms with Crippen LogP contribution in [-0.4, -0.2) is 20.7 Å². The maximum atomic E-state index is 13.4. The van der Waals surface area contributed by atoms with Gasteiger partial charge in [-0.25, -0.2) is 0 Å². The van der Waals surface area contributed by atoms with Crippen molar-refractivity contribution >= 4 is 11.6 Å². The molecule has 0 saturated heterocycles. The van der Waals surface area contributed by atoms with Crippen LogP contribution in [0.2, 0.25) is 0 Å². The summed E-state index contributed by atoms with van der Waals surface area (Å²) in [6.45, 7) is 13.0. The number of hydrogen-bond acceptors (Lipinski definition) is 3. The van der Waals surface area contributed by atoms with Crippen LogP contribution in [0.15, 0.2) is 30.4 Å². The Bertz CT molecular complexity index is 1060. The van der Waals surface area contributed by atoms with Crippen LogP contribution in [0.3, 0.4) is 0 Å². The molecule has 1 aromatic carbocycles. The van der Waals surface area contributed by atoms with Crippen molar-refractivity contribution in [2.24, 2.45) is 17.8 Å². The Kier molecular flexibility index (Phi) is 5.92. The van der Waals surface area contributed by atoms with E-state index in [4.69, 9.17) is 10.2 Å². The zero-order valence-electron chi connectivity index (χ0n) is 20.6. The number of amides is 1. The van der Waals surface area contributed by atoms with Gasteiger partial charge in [0.05, 0.1) is 5.92 Å². The molecule has 1 heterocycles. The van der Waals surface area contributed by atoms with Crippen LogP contribution in [0.1, 0.15) is 99.4 Å². The minimum atomic E-state index is -0.136. The average molecular weight is 447 g/mol. The second-order valence-corrected chi connectivity index (χ2v) is 11.4. The molecule has 1 N–H and O–H groups in total. The fourth-order valence-electron chi connectivity index (χ4n) is 6.08. The van der Waals surface area contributed by atoms with Crippen molar-refractivity contribution in [2.45, 2.75) is 90.5 Å². The van der Waals surface area contributed by atoms with E-state index in [1.54, 1.807) is 0 Å². The lowest BCUT2D eigenvalue weighted by molar-refractivity contribution is -0.120. The monoisotopic (exact) mass is 446 g/mol. The molecule has 1 aromatic heterocycles. The van der Waals surface area contributed by atoms with E-state index in [1.165, 1.54) is 43.5 Å². The van der Waals surface area contributed by atoms with Gasteiger partial charge in [-0.3, -0.25) is 4.79 Å². The standard InChI is InChI=1S/C28H38N4O/c1-16(2)10-20-14-21(15-20)26-30-31-27(32(26)22-7-8-22)23-12-18(4)13-24(23)28(33)29-25-9-6-17(3)11-19(25)5/h6,9,11,16,20-24H,4,7-8,10,12-15H2,1-3,5H3,(H,29,33)/t20-,21+,23-,24-/m0/s1. The van der Waals surface area contributed by atoms with Crippen molar-refractivity contribution in [1.82, 2.24) is 14.8 Å². The average Bonchev–Trinajstić information content (AvgIpc) is 3.35. The molecule has 33 heavy (non-hydrogen) atoms. The summed E-state index contributed by atoms with van der Waals surface area (Å²) in [5, 5.41) is 12.7. The van der Waals surface area contributed by atoms with E-state index in [2.05, 4.69) is 56.3 Å². The van der Waals surface area contributed by atoms with E-state index >= 15 is 0 Å². The zero-order chi connectivity index (χ0) is 23.3. The summed E-state index contributed by atoms with van der Waals surface area (Å²) < 4.78 is 2.44. The summed E-state index contributed by atoms with van der Waals surface area (Å²) in [7, 11) is 0. The van der Waals surface area contributed by atoms with Crippen LogP contribution < -0.4 is 5.32 Å². The highest BCUT2D eigenvalue weighted by Crippen LogP contribution is 2.50. The van der Waals surface area contributed by atoms with Gasteiger partial charge in [-0.2, -0.15) is 0 Å². The van der Waals surface area contributed by atoms with Gasteiger partial charge in [-0.1, -0.05) is 43.7 Å². The molecule has 3 saturated carbocycles. The first kappa shape index (κ1) is 22.4. The molecule has 176 valence electrons. The number of carbonyl (C=O) groups is 1. The predicted octanol–water partition coefficient (Wildman–Crippen LogP) is 6.46. The van der Waals surface area contributed by atoms with Gasteiger partial charge in [0.15, 0.2) is 0 Å². The molecule has 1 amide bonds. The molecule has 0 radical (unpaired) electrons. The minimum absolute atomic E-state index is 0.0663. The minimum Gasteiger partial charge on any atom is -0.326 e. The van der Waals surface area contributed by atoms with Crippen molar-refractivity contribution in [1.29, 1.82) is 0 Å². The van der Waals surface area contributed by atoms with Gasteiger partial charge >= 0.3 is 0 Å². The van der Waals surface area contributed by atoms with Gasteiger partial charge in [0.1, 0.15) is 11.6 Å². The number of allylic oxidation sites excluding steroid dienone is 1. The maximum absolute atomic E-state index is 13.4. The molecule has 0 unspecified atom stereocenters. The fourth-order valence-corrected chi connectivity index (χ4v) is 6.08. The SMILES string of the molecule is C=C1C[C@H](C(=O)Nc2ccc(C)cc2C)[C@@H](c2nnc([C@H]3C[C@@H](CC(C)C)C3)n2C2CC2)C1. The number of aromatic nitrogens is 3. The Morgan fingerprint density at radius 3 is 2.55 bits per heavy atom. The van der Waals surface area contributed by atoms with Gasteiger partial charge < -0.3 is 9.88 Å². The van der Waals surface area contributed by atoms with Crippen molar-refractivity contribution in [3.63, 3.8) is 0 Å². The summed E-state index contributed by atoms with van der Waals surface area (Å²) in [6, 6.07) is 6.69. The number of anilines is 1. The lowest BCUT2D eigenvalue weighted by Crippen LogP contribution is -2.28. The first-order valence-electron chi connectivity index (χ1n) is 12.8. The molecule has 5 heteroatoms. The lowest BCUT2D eigenvalue weighted by Gasteiger charge is -2.36. The van der Waals surface area contributed by atoms with Crippen LogP contribution in [-0.2, 0) is 4.79 Å². The Balaban J connectivity index is 1.37. The summed E-state index contributed by atoms with van der Waals surface area (Å²) in [5.74, 6) is 4.33. The van der Waals surface area contributed by atoms with E-state index in [1.807, 2.05) is 6.07 Å². The van der Waals surface area contributed by atoms with E-state index in [0.29, 0.717) is 12.0 Å². The lowest BCUT2D eigenvalue weighted by atomic mass is 9.71. The second kappa shape index (κ2) is 8.73. The molecule has 5 nitrogen and oxygen atoms in total. The number of aryl methyl sites for hydroxylation is 2. The molecule has 3 aliphatic rings. The number of carbonyl (C=O) groups excluding carboxylic acids is 1. The van der Waals surface area contributed by atoms with Crippen LogP contribution in [0.4, 0.5) is 5.69 Å². The van der Waals surface area contributed by atoms with E-state index in [0.717, 1.165) is 47.3 Å². The topological polar surface area (TPSA) is 59.8 Å². The Hall–Kier alpha value is -2.43. The summed E-state index contributed by atoms with van der Waals surface area (Å²) in [4.78, 5) is 13.4. The van der Waals surface area contributed by atoms with Crippen molar-refractivity contribution in [2.75, 3.05) is 5.32 Å². The Morgan fingerprint density at radius 1 is 1.15 bits per heavy atom. The van der Waals surface area contributed by atoms with E-state index < -0.39 is 0 Å². The third-order valence-electron chi connectivity index (χ3n) is 7.88. The number of rotatable bonds is 7. The Labute approximate surface area is 198 Å². The fraction of sp³-hybridized carbons (Fsp3) is 0.607. The third kappa shape index (κ3) is 4.51. The van der Waals surface area contributed by atoms with Crippen molar-refractivity contribution in [3.05, 3.63) is 53.1 Å². The second-order valence-electron chi connectivity index (χ2n) is 11.4. The zero-order valence-corrected chi connectivity index (χ0v) is 20.6. The molecule has 0 aliphatic heterocycles. The highest BCUT2D eigenvalue weighted by molar-refractivity contribution is 5.94. The van der Waals surface area contributed by atoms with Crippen LogP contribution in [0, 0.1) is 31.6 Å². The molecular formula is C28H38N4O. The quantitative estimate of drug-likeness (QED) is 0.497. The van der Waals surface area contributed by atoms with Gasteiger partial charge in [0, 0.05) is 23.6 Å². The number of nitrogens with zero attached hydrogens (tertiary/aromatic N) is 3. The highest BCUT2D eigenvalue weighted by atomic mass is 16.1. The Morgan fingerprint density at radius 2 is 1.88 bits per heavy atom. The smallest absolute Gasteiger partial charge is 0.228 e. The molecule has 2 atom stereocenters. The van der Waals surface area contributed by atoms with Crippen molar-refractivity contribution < 1.29 is 4.79 Å². The van der Waals surface area contributed by atoms with Gasteiger partial charge in [-0.15, -0.1) is 10.2 Å². The maximum Gasteiger partial charge on any atom is 0.228 e. The summed E-state index contributed by atoms with van der Waals surface area (Å²) in [6.07, 6.45) is 7.74. The highest BCUT2D eigenvalue weighted by Gasteiger charge is 2.44. The number of hydrogen-bond donors (Lipinski definition) is 1. The van der Waals surface area contributed by atoms with Crippen molar-refractivity contribution in [3.8, 4) is 0 Å². The third-order valence-corrected chi connectivity index (χ3v) is 7.88. The first-order valence-corrected chi connectivity index (χ1v) is 12.8. The van der Waals surface area contributed by atoms with Crippen LogP contribution in [0.25, 0.3) is 0 Å². The first-order chi connectivity index (χ1) is 15.8. The van der Waals surface area contributed by atoms with E-state index in [9.17, 15) is 4.79 Å². The predicted molar refractivity (Wildman–Crippen MR) is 132 cm³/mol. The van der Waals surface area contributed by atoms with Gasteiger partial charge in [0.25, 0.3) is 0 Å². The number of benzene rings is 1. The molecule has 3 fully saturated rings. The molecule has 5 rings (SSSR count). The number of nitrogens with one attached hydrogen (secondary N) is 1. The molecule has 3 aliphatic carbocycles. The summed E-state index contributed by atoms with van der Waals surface area (Å²) in [5.41, 5.74) is 4.35. The largest absolute Gasteiger partial charge is 0.326 e. The molecule has 0 bridgehead atoms.